The van der Waals surface area contributed by atoms with Crippen LogP contribution < -0.4 is 5.73 Å². The van der Waals surface area contributed by atoms with Gasteiger partial charge in [0.1, 0.15) is 0 Å². The third-order valence-corrected chi connectivity index (χ3v) is 3.42. The minimum atomic E-state index is -4.22. The lowest BCUT2D eigenvalue weighted by Crippen LogP contribution is -2.43. The van der Waals surface area contributed by atoms with Gasteiger partial charge in [0.25, 0.3) is 0 Å². The van der Waals surface area contributed by atoms with Crippen molar-refractivity contribution >= 4 is 15.9 Å². The molecule has 0 aromatic heterocycles. The van der Waals surface area contributed by atoms with Crippen LogP contribution in [0, 0.1) is 0 Å². The van der Waals surface area contributed by atoms with Crippen molar-refractivity contribution in [2.75, 3.05) is 13.1 Å². The van der Waals surface area contributed by atoms with E-state index >= 15 is 0 Å². The van der Waals surface area contributed by atoms with Crippen LogP contribution in [0.2, 0.25) is 0 Å². The van der Waals surface area contributed by atoms with Gasteiger partial charge in [-0.1, -0.05) is 35.0 Å². The predicted molar refractivity (Wildman–Crippen MR) is 73.8 cm³/mol. The van der Waals surface area contributed by atoms with Crippen molar-refractivity contribution in [2.45, 2.75) is 32.1 Å². The van der Waals surface area contributed by atoms with Gasteiger partial charge in [-0.25, -0.2) is 0 Å². The lowest BCUT2D eigenvalue weighted by atomic mass is 9.99. The molecule has 0 amide bonds. The number of hydrogen-bond acceptors (Lipinski definition) is 2. The Labute approximate surface area is 119 Å². The molecule has 2 N–H and O–H groups in total. The van der Waals surface area contributed by atoms with Crippen LogP contribution in [-0.4, -0.2) is 30.2 Å². The molecule has 0 radical (unpaired) electrons. The number of nitrogens with two attached hydrogens (primary N) is 1. The Morgan fingerprint density at radius 2 is 1.79 bits per heavy atom. The zero-order valence-corrected chi connectivity index (χ0v) is 12.5. The highest BCUT2D eigenvalue weighted by atomic mass is 79.9. The summed E-state index contributed by atoms with van der Waals surface area (Å²) in [6.07, 6.45) is -4.22. The molecule has 2 unspecified atom stereocenters. The second kappa shape index (κ2) is 6.72. The van der Waals surface area contributed by atoms with Gasteiger partial charge < -0.3 is 5.73 Å². The van der Waals surface area contributed by atoms with Crippen molar-refractivity contribution in [1.82, 2.24) is 4.90 Å². The Hall–Kier alpha value is -0.590. The second-order valence-corrected chi connectivity index (χ2v) is 5.45. The smallest absolute Gasteiger partial charge is 0.326 e. The van der Waals surface area contributed by atoms with Crippen LogP contribution >= 0.6 is 15.9 Å². The van der Waals surface area contributed by atoms with E-state index in [1.807, 2.05) is 12.1 Å². The topological polar surface area (TPSA) is 29.3 Å². The third-order valence-electron chi connectivity index (χ3n) is 2.89. The molecule has 0 fully saturated rings. The summed E-state index contributed by atoms with van der Waals surface area (Å²) in [5.41, 5.74) is 6.68. The lowest BCUT2D eigenvalue weighted by molar-refractivity contribution is -0.151. The van der Waals surface area contributed by atoms with E-state index in [-0.39, 0.29) is 6.04 Å². The molecule has 1 aromatic carbocycles. The number of benzene rings is 1. The highest BCUT2D eigenvalue weighted by Gasteiger charge is 2.34. The summed E-state index contributed by atoms with van der Waals surface area (Å²) in [5.74, 6) is 0. The van der Waals surface area contributed by atoms with Crippen molar-refractivity contribution in [1.29, 1.82) is 0 Å². The number of halogens is 4. The molecule has 6 heteroatoms. The molecule has 2 atom stereocenters. The largest absolute Gasteiger partial charge is 0.401 e. The van der Waals surface area contributed by atoms with Crippen molar-refractivity contribution in [2.24, 2.45) is 5.73 Å². The van der Waals surface area contributed by atoms with E-state index in [2.05, 4.69) is 15.9 Å². The summed E-state index contributed by atoms with van der Waals surface area (Å²) < 4.78 is 38.7. The van der Waals surface area contributed by atoms with Crippen LogP contribution in [0.3, 0.4) is 0 Å². The molecule has 0 aliphatic carbocycles. The quantitative estimate of drug-likeness (QED) is 0.886. The summed E-state index contributed by atoms with van der Waals surface area (Å²) in [5, 5.41) is 0. The fraction of sp³-hybridized carbons (Fsp3) is 0.538. The summed E-state index contributed by atoms with van der Waals surface area (Å²) in [4.78, 5) is 1.36. The normalized spacial score (nSPS) is 15.6. The van der Waals surface area contributed by atoms with E-state index in [0.29, 0.717) is 6.54 Å². The first kappa shape index (κ1) is 16.5. The Balaban J connectivity index is 3.01. The van der Waals surface area contributed by atoms with Crippen LogP contribution in [0.1, 0.15) is 25.5 Å². The molecular weight excluding hydrogens is 321 g/mol. The molecule has 0 spiro atoms. The first-order chi connectivity index (χ1) is 8.74. The van der Waals surface area contributed by atoms with E-state index in [1.54, 1.807) is 26.0 Å². The average molecular weight is 339 g/mol. The molecule has 108 valence electrons. The fourth-order valence-corrected chi connectivity index (χ4v) is 2.41. The second-order valence-electron chi connectivity index (χ2n) is 4.53. The van der Waals surface area contributed by atoms with Crippen molar-refractivity contribution in [3.8, 4) is 0 Å². The molecule has 0 saturated heterocycles. The number of alkyl halides is 3. The highest BCUT2D eigenvalue weighted by Crippen LogP contribution is 2.28. The number of nitrogens with zero attached hydrogens (tertiary/aromatic N) is 1. The minimum Gasteiger partial charge on any atom is -0.326 e. The number of likely N-dealkylation sites (N-methyl/N-ethyl adjacent to an activating group) is 1. The standard InChI is InChI=1S/C13H18BrF3N2/c1-3-19(8-13(15,16)17)12(9(2)18)10-4-6-11(14)7-5-10/h4-7,9,12H,3,8,18H2,1-2H3. The van der Waals surface area contributed by atoms with Crippen molar-refractivity contribution in [3.05, 3.63) is 34.3 Å². The summed E-state index contributed by atoms with van der Waals surface area (Å²) >= 11 is 3.31. The van der Waals surface area contributed by atoms with Gasteiger partial charge in [0.2, 0.25) is 0 Å². The molecule has 19 heavy (non-hydrogen) atoms. The predicted octanol–water partition coefficient (Wildman–Crippen LogP) is 3.72. The Morgan fingerprint density at radius 1 is 1.26 bits per heavy atom. The maximum absolute atomic E-state index is 12.6. The van der Waals surface area contributed by atoms with Gasteiger partial charge in [0, 0.05) is 16.6 Å². The van der Waals surface area contributed by atoms with Crippen LogP contribution in [0.25, 0.3) is 0 Å². The fourth-order valence-electron chi connectivity index (χ4n) is 2.14. The molecule has 0 bridgehead atoms. The summed E-state index contributed by atoms with van der Waals surface area (Å²) in [7, 11) is 0. The highest BCUT2D eigenvalue weighted by molar-refractivity contribution is 9.10. The van der Waals surface area contributed by atoms with Crippen molar-refractivity contribution < 1.29 is 13.2 Å². The van der Waals surface area contributed by atoms with E-state index in [1.165, 1.54) is 4.90 Å². The first-order valence-corrected chi connectivity index (χ1v) is 6.85. The Morgan fingerprint density at radius 3 is 2.16 bits per heavy atom. The van der Waals surface area contributed by atoms with Crippen LogP contribution in [0.4, 0.5) is 13.2 Å². The molecule has 1 aromatic rings. The maximum Gasteiger partial charge on any atom is 0.401 e. The van der Waals surface area contributed by atoms with Gasteiger partial charge in [0.05, 0.1) is 6.54 Å². The monoisotopic (exact) mass is 338 g/mol. The van der Waals surface area contributed by atoms with Gasteiger partial charge in [-0.05, 0) is 31.2 Å². The first-order valence-electron chi connectivity index (χ1n) is 6.06. The van der Waals surface area contributed by atoms with E-state index in [0.717, 1.165) is 10.0 Å². The third kappa shape index (κ3) is 5.12. The van der Waals surface area contributed by atoms with Crippen LogP contribution in [0.15, 0.2) is 28.7 Å². The maximum atomic E-state index is 12.6. The van der Waals surface area contributed by atoms with Gasteiger partial charge in [0.15, 0.2) is 0 Å². The van der Waals surface area contributed by atoms with E-state index in [4.69, 9.17) is 5.73 Å². The van der Waals surface area contributed by atoms with Gasteiger partial charge in [-0.2, -0.15) is 13.2 Å². The zero-order valence-electron chi connectivity index (χ0n) is 10.9. The number of hydrogen-bond donors (Lipinski definition) is 1. The van der Waals surface area contributed by atoms with Crippen LogP contribution in [0.5, 0.6) is 0 Å². The molecule has 0 saturated carbocycles. The number of rotatable bonds is 5. The average Bonchev–Trinajstić information content (AvgIpc) is 2.28. The zero-order chi connectivity index (χ0) is 14.6. The van der Waals surface area contributed by atoms with Gasteiger partial charge in [-0.3, -0.25) is 4.90 Å². The van der Waals surface area contributed by atoms with Gasteiger partial charge >= 0.3 is 6.18 Å². The lowest BCUT2D eigenvalue weighted by Gasteiger charge is -2.34. The SMILES string of the molecule is CCN(CC(F)(F)F)C(c1ccc(Br)cc1)C(C)N. The summed E-state index contributed by atoms with van der Waals surface area (Å²) in [6, 6.07) is 6.40. The van der Waals surface area contributed by atoms with Crippen LogP contribution in [-0.2, 0) is 0 Å². The van der Waals surface area contributed by atoms with Crippen molar-refractivity contribution in [3.63, 3.8) is 0 Å². The molecule has 0 heterocycles. The molecule has 0 aliphatic heterocycles. The molecular formula is C13H18BrF3N2. The molecule has 0 aliphatic rings. The van der Waals surface area contributed by atoms with Gasteiger partial charge in [-0.15, -0.1) is 0 Å². The van der Waals surface area contributed by atoms with E-state index < -0.39 is 18.8 Å². The summed E-state index contributed by atoms with van der Waals surface area (Å²) in [6.45, 7) is 2.78. The minimum absolute atomic E-state index is 0.293. The molecule has 1 rings (SSSR count). The Kier molecular flexibility index (Phi) is 5.82. The van der Waals surface area contributed by atoms with E-state index in [9.17, 15) is 13.2 Å². The Bertz CT molecular complexity index is 390. The molecule has 2 nitrogen and oxygen atoms in total.